The van der Waals surface area contributed by atoms with Crippen LogP contribution >= 0.6 is 7.92 Å². The van der Waals surface area contributed by atoms with E-state index in [1.165, 1.54) is 20.8 Å². The predicted octanol–water partition coefficient (Wildman–Crippen LogP) is 1.16. The van der Waals surface area contributed by atoms with Crippen molar-refractivity contribution in [2.75, 3.05) is 38.3 Å². The van der Waals surface area contributed by atoms with Gasteiger partial charge in [-0.1, -0.05) is 7.92 Å². The average molecular weight is 292 g/mol. The molecule has 0 N–H and O–H groups in total. The van der Waals surface area contributed by atoms with Gasteiger partial charge in [-0.05, 0) is 0 Å². The van der Waals surface area contributed by atoms with E-state index in [4.69, 9.17) is 14.2 Å². The van der Waals surface area contributed by atoms with Gasteiger partial charge >= 0.3 is 17.9 Å². The van der Waals surface area contributed by atoms with Gasteiger partial charge in [0.2, 0.25) is 0 Å². The molecule has 0 bridgehead atoms. The zero-order valence-electron chi connectivity index (χ0n) is 11.6. The van der Waals surface area contributed by atoms with Gasteiger partial charge in [-0.3, -0.25) is 14.4 Å². The summed E-state index contributed by atoms with van der Waals surface area (Å²) >= 11 is 0. The Morgan fingerprint density at radius 1 is 0.684 bits per heavy atom. The molecule has 0 radical (unpaired) electrons. The summed E-state index contributed by atoms with van der Waals surface area (Å²) in [7, 11) is -0.484. The monoisotopic (exact) mass is 292 g/mol. The fraction of sp³-hybridized carbons (Fsp3) is 0.750. The van der Waals surface area contributed by atoms with Crippen molar-refractivity contribution in [2.24, 2.45) is 0 Å². The Kier molecular flexibility index (Phi) is 10.1. The van der Waals surface area contributed by atoms with Crippen molar-refractivity contribution in [1.82, 2.24) is 0 Å². The molecule has 0 rings (SSSR count). The Balaban J connectivity index is 3.94. The minimum atomic E-state index is -0.484. The average Bonchev–Trinajstić information content (AvgIpc) is 2.26. The smallest absolute Gasteiger partial charge is 0.302 e. The first-order valence-electron chi connectivity index (χ1n) is 6.04. The molecule has 6 nitrogen and oxygen atoms in total. The molecule has 0 aliphatic carbocycles. The summed E-state index contributed by atoms with van der Waals surface area (Å²) in [6, 6.07) is 0. The quantitative estimate of drug-likeness (QED) is 0.360. The molecule has 0 aromatic heterocycles. The second-order valence-electron chi connectivity index (χ2n) is 3.86. The maximum absolute atomic E-state index is 10.7. The van der Waals surface area contributed by atoms with Crippen molar-refractivity contribution in [2.45, 2.75) is 20.8 Å². The number of rotatable bonds is 9. The third kappa shape index (κ3) is 13.1. The second-order valence-corrected chi connectivity index (χ2v) is 6.55. The number of ether oxygens (including phenoxy) is 3. The first kappa shape index (κ1) is 17.8. The third-order valence-electron chi connectivity index (χ3n) is 2.14. The Morgan fingerprint density at radius 3 is 1.16 bits per heavy atom. The number of carbonyl (C=O) groups is 3. The first-order valence-corrected chi connectivity index (χ1v) is 7.94. The number of carbonyl (C=O) groups excluding carboxylic acids is 3. The molecule has 0 aliphatic heterocycles. The van der Waals surface area contributed by atoms with Crippen LogP contribution in [0.4, 0.5) is 0 Å². The van der Waals surface area contributed by atoms with Crippen LogP contribution < -0.4 is 0 Å². The van der Waals surface area contributed by atoms with Gasteiger partial charge in [-0.2, -0.15) is 0 Å². The Hall–Kier alpha value is -1.16. The summed E-state index contributed by atoms with van der Waals surface area (Å²) in [6.07, 6.45) is 2.16. The number of hydrogen-bond donors (Lipinski definition) is 0. The van der Waals surface area contributed by atoms with Gasteiger partial charge in [0.25, 0.3) is 0 Å². The lowest BCUT2D eigenvalue weighted by atomic mass is 10.7. The molecule has 0 aromatic carbocycles. The van der Waals surface area contributed by atoms with Crippen molar-refractivity contribution >= 4 is 25.8 Å². The summed E-state index contributed by atoms with van der Waals surface area (Å²) in [5.41, 5.74) is 0. The highest BCUT2D eigenvalue weighted by molar-refractivity contribution is 7.57. The van der Waals surface area contributed by atoms with E-state index in [0.29, 0.717) is 19.8 Å². The van der Waals surface area contributed by atoms with E-state index in [9.17, 15) is 14.4 Å². The highest BCUT2D eigenvalue weighted by Gasteiger charge is 2.10. The van der Waals surface area contributed by atoms with Crippen LogP contribution in [0.1, 0.15) is 20.8 Å². The molecule has 110 valence electrons. The molecule has 19 heavy (non-hydrogen) atoms. The topological polar surface area (TPSA) is 78.9 Å². The molecule has 0 saturated carbocycles. The third-order valence-corrected chi connectivity index (χ3v) is 4.58. The van der Waals surface area contributed by atoms with Gasteiger partial charge in [0.15, 0.2) is 0 Å². The lowest BCUT2D eigenvalue weighted by Crippen LogP contribution is -2.13. The van der Waals surface area contributed by atoms with Crippen molar-refractivity contribution in [3.8, 4) is 0 Å². The minimum absolute atomic E-state index is 0.310. The van der Waals surface area contributed by atoms with Crippen LogP contribution in [-0.2, 0) is 28.6 Å². The maximum Gasteiger partial charge on any atom is 0.302 e. The Bertz CT molecular complexity index is 257. The van der Waals surface area contributed by atoms with Crippen molar-refractivity contribution in [3.05, 3.63) is 0 Å². The van der Waals surface area contributed by atoms with Gasteiger partial charge in [-0.15, -0.1) is 0 Å². The van der Waals surface area contributed by atoms with Crippen LogP contribution in [0.15, 0.2) is 0 Å². The molecule has 0 aromatic rings. The standard InChI is InChI=1S/C12H21O6P/c1-10(13)16-4-7-19(8-5-17-11(2)14)9-6-18-12(3)15/h4-9H2,1-3H3. The molecular formula is C12H21O6P. The molecule has 0 atom stereocenters. The number of hydrogen-bond acceptors (Lipinski definition) is 6. The zero-order chi connectivity index (χ0) is 14.7. The highest BCUT2D eigenvalue weighted by Crippen LogP contribution is 2.34. The lowest BCUT2D eigenvalue weighted by molar-refractivity contribution is -0.141. The molecule has 0 fully saturated rings. The predicted molar refractivity (Wildman–Crippen MR) is 71.4 cm³/mol. The van der Waals surface area contributed by atoms with Crippen LogP contribution in [0.2, 0.25) is 0 Å². The maximum atomic E-state index is 10.7. The Morgan fingerprint density at radius 2 is 0.947 bits per heavy atom. The van der Waals surface area contributed by atoms with Crippen molar-refractivity contribution in [1.29, 1.82) is 0 Å². The van der Waals surface area contributed by atoms with Gasteiger partial charge in [0.1, 0.15) is 0 Å². The fourth-order valence-electron chi connectivity index (χ4n) is 1.29. The molecule has 0 aliphatic rings. The summed E-state index contributed by atoms with van der Waals surface area (Å²) in [5.74, 6) is -0.931. The van der Waals surface area contributed by atoms with Crippen LogP contribution in [0.3, 0.4) is 0 Å². The van der Waals surface area contributed by atoms with Crippen LogP contribution in [0, 0.1) is 0 Å². The van der Waals surface area contributed by atoms with E-state index in [1.54, 1.807) is 0 Å². The summed E-state index contributed by atoms with van der Waals surface area (Å²) in [6.45, 7) is 5.13. The van der Waals surface area contributed by atoms with Crippen molar-refractivity contribution < 1.29 is 28.6 Å². The second kappa shape index (κ2) is 10.7. The van der Waals surface area contributed by atoms with Gasteiger partial charge < -0.3 is 14.2 Å². The van der Waals surface area contributed by atoms with E-state index in [-0.39, 0.29) is 17.9 Å². The van der Waals surface area contributed by atoms with E-state index in [2.05, 4.69) is 0 Å². The summed E-state index contributed by atoms with van der Waals surface area (Å²) in [4.78, 5) is 32.0. The first-order chi connectivity index (χ1) is 8.91. The van der Waals surface area contributed by atoms with E-state index >= 15 is 0 Å². The largest absolute Gasteiger partial charge is 0.466 e. The zero-order valence-corrected chi connectivity index (χ0v) is 12.5. The molecule has 7 heteroatoms. The van der Waals surface area contributed by atoms with Crippen LogP contribution in [0.25, 0.3) is 0 Å². The number of esters is 3. The van der Waals surface area contributed by atoms with Gasteiger partial charge in [0.05, 0.1) is 19.8 Å². The molecule has 0 saturated heterocycles. The molecule has 0 unspecified atom stereocenters. The summed E-state index contributed by atoms with van der Waals surface area (Å²) in [5, 5.41) is 0. The Labute approximate surface area is 114 Å². The van der Waals surface area contributed by atoms with E-state index < -0.39 is 7.92 Å². The lowest BCUT2D eigenvalue weighted by Gasteiger charge is -2.17. The molecular weight excluding hydrogens is 271 g/mol. The molecule has 0 spiro atoms. The van der Waals surface area contributed by atoms with Gasteiger partial charge in [-0.25, -0.2) is 0 Å². The van der Waals surface area contributed by atoms with E-state index in [0.717, 1.165) is 18.5 Å². The van der Waals surface area contributed by atoms with Gasteiger partial charge in [0, 0.05) is 39.3 Å². The highest BCUT2D eigenvalue weighted by atomic mass is 31.1. The summed E-state index contributed by atoms with van der Waals surface area (Å²) < 4.78 is 14.7. The molecule has 0 amide bonds. The fourth-order valence-corrected chi connectivity index (χ4v) is 3.01. The molecule has 0 heterocycles. The van der Waals surface area contributed by atoms with Crippen molar-refractivity contribution in [3.63, 3.8) is 0 Å². The van der Waals surface area contributed by atoms with Crippen LogP contribution in [-0.4, -0.2) is 56.2 Å². The van der Waals surface area contributed by atoms with Crippen LogP contribution in [0.5, 0.6) is 0 Å². The van der Waals surface area contributed by atoms with E-state index in [1.807, 2.05) is 0 Å². The normalized spacial score (nSPS) is 10.1. The SMILES string of the molecule is CC(=O)OCCP(CCOC(C)=O)CCOC(C)=O. The minimum Gasteiger partial charge on any atom is -0.466 e.